The molecule has 0 amide bonds. The number of ether oxygens (including phenoxy) is 1. The van der Waals surface area contributed by atoms with Crippen LogP contribution in [0.2, 0.25) is 0 Å². The molecule has 14 atom stereocenters. The van der Waals surface area contributed by atoms with Gasteiger partial charge >= 0.3 is 0 Å². The molecule has 1 aliphatic carbocycles. The minimum atomic E-state index is -0.899. The average Bonchev–Trinajstić information content (AvgIpc) is 0.866. The summed E-state index contributed by atoms with van der Waals surface area (Å²) in [5.41, 5.74) is -1.24. The lowest BCUT2D eigenvalue weighted by atomic mass is 9.79. The van der Waals surface area contributed by atoms with Crippen LogP contribution >= 0.6 is 0 Å². The topological polar surface area (TPSA) is 394 Å². The maximum absolute atomic E-state index is 10.1. The SMILES string of the molecule is CC(O)(CCO)CCO.CC(O)COc1ccccc1.CCC(CO)CC(CC)CO.CCC(O)C(C)C(O)C1CCCCC1.CCC(O)C(C)CO.CCCC(O)C(C)(C)CO.CCCC(O)C(CC)CO.CCCCCC(O)C(CO)CCCC.CCCCCCC(O)CCO.CCCCCCCCCO. The Morgan fingerprint density at radius 3 is 1.24 bits per heavy atom. The third kappa shape index (κ3) is 83.7. The number of hydrogen-bond donors (Lipinski definition) is 19. The van der Waals surface area contributed by atoms with Crippen LogP contribution in [0.1, 0.15) is 355 Å². The number of hydrogen-bond acceptors (Lipinski definition) is 20. The lowest BCUT2D eigenvalue weighted by Crippen LogP contribution is -2.35. The molecule has 19 N–H and O–H groups in total. The van der Waals surface area contributed by atoms with Gasteiger partial charge in [0.05, 0.1) is 61.0 Å². The van der Waals surface area contributed by atoms with E-state index in [1.807, 2.05) is 92.6 Å². The molecule has 108 heavy (non-hydrogen) atoms. The van der Waals surface area contributed by atoms with Crippen LogP contribution < -0.4 is 4.74 Å². The Labute approximate surface area is 664 Å². The lowest BCUT2D eigenvalue weighted by molar-refractivity contribution is -0.0206. The van der Waals surface area contributed by atoms with Crippen molar-refractivity contribution in [1.82, 2.24) is 0 Å². The summed E-state index contributed by atoms with van der Waals surface area (Å²) in [5, 5.41) is 171. The van der Waals surface area contributed by atoms with Gasteiger partial charge in [-0.15, -0.1) is 0 Å². The van der Waals surface area contributed by atoms with Crippen molar-refractivity contribution >= 4 is 0 Å². The third-order valence-corrected chi connectivity index (χ3v) is 20.1. The van der Waals surface area contributed by atoms with Crippen LogP contribution in [0.25, 0.3) is 0 Å². The summed E-state index contributed by atoms with van der Waals surface area (Å²) >= 11 is 0. The van der Waals surface area contributed by atoms with E-state index < -0.39 is 11.7 Å². The van der Waals surface area contributed by atoms with Gasteiger partial charge in [-0.2, -0.15) is 0 Å². The van der Waals surface area contributed by atoms with Crippen molar-refractivity contribution in [2.24, 2.45) is 46.8 Å². The molecule has 20 heteroatoms. The van der Waals surface area contributed by atoms with E-state index in [0.29, 0.717) is 50.2 Å². The van der Waals surface area contributed by atoms with Crippen molar-refractivity contribution in [2.75, 3.05) is 72.7 Å². The maximum Gasteiger partial charge on any atom is 0.119 e. The normalized spacial score (nSPS) is 15.9. The van der Waals surface area contributed by atoms with Crippen LogP contribution in [-0.4, -0.2) is 224 Å². The molecule has 20 nitrogen and oxygen atoms in total. The molecule has 1 aliphatic rings. The summed E-state index contributed by atoms with van der Waals surface area (Å²) in [7, 11) is 0. The Morgan fingerprint density at radius 1 is 0.407 bits per heavy atom. The minimum absolute atomic E-state index is 0.0278. The molecule has 0 heterocycles. The molecule has 2 rings (SSSR count). The van der Waals surface area contributed by atoms with Crippen molar-refractivity contribution in [3.05, 3.63) is 30.3 Å². The maximum atomic E-state index is 10.1. The minimum Gasteiger partial charge on any atom is -0.491 e. The zero-order valence-electron chi connectivity index (χ0n) is 72.9. The Kier molecular flexibility index (Phi) is 103. The second kappa shape index (κ2) is 90.8. The van der Waals surface area contributed by atoms with Crippen LogP contribution in [-0.2, 0) is 0 Å². The monoisotopic (exact) mass is 1560 g/mol. The van der Waals surface area contributed by atoms with E-state index in [9.17, 15) is 35.7 Å². The first-order valence-corrected chi connectivity index (χ1v) is 43.3. The molecule has 1 aromatic rings. The van der Waals surface area contributed by atoms with Gasteiger partial charge in [0.25, 0.3) is 0 Å². The molecule has 1 fully saturated rings. The molecule has 0 radical (unpaired) electrons. The fourth-order valence-corrected chi connectivity index (χ4v) is 11.3. The van der Waals surface area contributed by atoms with Crippen molar-refractivity contribution in [2.45, 2.75) is 410 Å². The first-order valence-electron chi connectivity index (χ1n) is 43.3. The average molecular weight is 1560 g/mol. The number of benzene rings is 1. The van der Waals surface area contributed by atoms with E-state index in [0.717, 1.165) is 134 Å². The highest BCUT2D eigenvalue weighted by molar-refractivity contribution is 5.20. The highest BCUT2D eigenvalue weighted by Gasteiger charge is 2.30. The van der Waals surface area contributed by atoms with Gasteiger partial charge in [-0.05, 0) is 140 Å². The Balaban J connectivity index is -0.000000172. The largest absolute Gasteiger partial charge is 0.491 e. The molecule has 0 saturated heterocycles. The zero-order valence-corrected chi connectivity index (χ0v) is 72.9. The standard InChI is InChI=1S/C12H24O2.C12H26O2.C9H12O2.2C9H20O2.C9H20O.2C8H18O2.C6H14O3.C6H14O2/c1-3-11(13)9(2)12(14)10-7-5-4-6-8-10;1-3-5-7-9-12(14)11(10-13)8-6-4-2;1-8(10)7-11-9-5-3-2-4-6-9;1-3-8(6-10)5-9(4-2)7-11;1-2-3-4-5-6-9(11)7-8-10;1-2-3-4-5-6-7-8-9-10;1-4-5-7(10)8(2,3)6-9;1-3-5-8(10)7(4-2)6-9;1-6(9,2-4-7)3-5-8;1-3-6(8)5(2)4-7/h9-14H,3-8H2,1-2H3;11-14H,3-10H2,1-2H3;2-6,8,10H,7H2,1H3;8-11H,3-7H2,1-2H3;9-11H,2-8H2,1H3;10H,2-9H2,1H3;7,9-10H,4-6H2,1-3H3;7-10H,3-6H2,1-2H3;7-9H,2-5H2,1H3;5-8H,3-4H2,1-2H3. The first-order chi connectivity index (χ1) is 51.3. The molecule has 14 unspecified atom stereocenters. The second-order valence-corrected chi connectivity index (χ2v) is 31.1. The summed E-state index contributed by atoms with van der Waals surface area (Å²) < 4.78 is 5.22. The van der Waals surface area contributed by atoms with Crippen molar-refractivity contribution in [3.63, 3.8) is 0 Å². The van der Waals surface area contributed by atoms with Gasteiger partial charge in [-0.1, -0.05) is 263 Å². The highest BCUT2D eigenvalue weighted by atomic mass is 16.5. The Hall–Kier alpha value is -1.74. The van der Waals surface area contributed by atoms with Crippen LogP contribution in [0.5, 0.6) is 5.75 Å². The van der Waals surface area contributed by atoms with Gasteiger partial charge in [0.15, 0.2) is 0 Å². The van der Waals surface area contributed by atoms with Gasteiger partial charge in [0, 0.05) is 88.5 Å². The number of aliphatic hydroxyl groups is 19. The van der Waals surface area contributed by atoms with Gasteiger partial charge in [-0.25, -0.2) is 0 Å². The van der Waals surface area contributed by atoms with Gasteiger partial charge < -0.3 is 102 Å². The molecule has 1 aromatic carbocycles. The molecular formula is C88H186O20. The van der Waals surface area contributed by atoms with Gasteiger partial charge in [0.1, 0.15) is 12.4 Å². The molecule has 1 saturated carbocycles. The van der Waals surface area contributed by atoms with Crippen LogP contribution in [0.15, 0.2) is 30.3 Å². The highest BCUT2D eigenvalue weighted by Crippen LogP contribution is 2.31. The fraction of sp³-hybridized carbons (Fsp3) is 0.932. The molecule has 658 valence electrons. The first kappa shape index (κ1) is 122. The fourth-order valence-electron chi connectivity index (χ4n) is 11.3. The molecule has 0 aliphatic heterocycles. The van der Waals surface area contributed by atoms with Gasteiger partial charge in [-0.3, -0.25) is 0 Å². The molecule has 0 bridgehead atoms. The Morgan fingerprint density at radius 2 is 0.861 bits per heavy atom. The number of unbranched alkanes of at least 4 members (excludes halogenated alkanes) is 12. The van der Waals surface area contributed by atoms with E-state index >= 15 is 0 Å². The van der Waals surface area contributed by atoms with Crippen LogP contribution in [0, 0.1) is 46.8 Å². The number of aliphatic hydroxyl groups excluding tert-OH is 18. The van der Waals surface area contributed by atoms with Crippen molar-refractivity contribution < 1.29 is 102 Å². The van der Waals surface area contributed by atoms with E-state index in [1.54, 1.807) is 13.8 Å². The van der Waals surface area contributed by atoms with E-state index in [-0.39, 0.29) is 131 Å². The van der Waals surface area contributed by atoms with Crippen molar-refractivity contribution in [3.8, 4) is 5.75 Å². The summed E-state index contributed by atoms with van der Waals surface area (Å²) in [6.07, 6.45) is 35.5. The summed E-state index contributed by atoms with van der Waals surface area (Å²) in [6.45, 7) is 35.2. The number of rotatable bonds is 52. The molecular weight excluding hydrogens is 1380 g/mol. The number of para-hydroxylation sites is 1. The van der Waals surface area contributed by atoms with Crippen LogP contribution in [0.4, 0.5) is 0 Å². The van der Waals surface area contributed by atoms with E-state index in [1.165, 1.54) is 89.9 Å². The second-order valence-electron chi connectivity index (χ2n) is 31.1. The molecule has 0 spiro atoms. The zero-order chi connectivity index (χ0) is 84.4. The summed E-state index contributed by atoms with van der Waals surface area (Å²) in [6, 6.07) is 9.45. The summed E-state index contributed by atoms with van der Waals surface area (Å²) in [5.74, 6) is 2.24. The van der Waals surface area contributed by atoms with Crippen LogP contribution in [0.3, 0.4) is 0 Å². The quantitative estimate of drug-likeness (QED) is 0.0269. The lowest BCUT2D eigenvalue weighted by Gasteiger charge is -2.32. The predicted octanol–water partition coefficient (Wildman–Crippen LogP) is 14.6. The van der Waals surface area contributed by atoms with Crippen molar-refractivity contribution in [1.29, 1.82) is 0 Å². The smallest absolute Gasteiger partial charge is 0.119 e. The molecule has 0 aromatic heterocycles. The third-order valence-electron chi connectivity index (χ3n) is 20.1. The Bertz CT molecular complexity index is 1720. The summed E-state index contributed by atoms with van der Waals surface area (Å²) in [4.78, 5) is 0. The van der Waals surface area contributed by atoms with E-state index in [2.05, 4.69) is 41.5 Å². The predicted molar refractivity (Wildman–Crippen MR) is 450 cm³/mol. The van der Waals surface area contributed by atoms with E-state index in [4.69, 9.17) is 66.0 Å². The van der Waals surface area contributed by atoms with Gasteiger partial charge in [0.2, 0.25) is 0 Å².